The molecule has 0 spiro atoms. The van der Waals surface area contributed by atoms with Crippen molar-refractivity contribution in [3.8, 4) is 0 Å². The molecule has 7 heteroatoms. The van der Waals surface area contributed by atoms with Gasteiger partial charge >= 0.3 is 5.97 Å². The van der Waals surface area contributed by atoms with Gasteiger partial charge in [-0.05, 0) is 28.4 Å². The Morgan fingerprint density at radius 2 is 2.24 bits per heavy atom. The van der Waals surface area contributed by atoms with Gasteiger partial charge < -0.3 is 4.74 Å². The number of aromatic nitrogens is 1. The van der Waals surface area contributed by atoms with Crippen LogP contribution >= 0.6 is 31.9 Å². The molecule has 0 amide bonds. The van der Waals surface area contributed by atoms with Crippen molar-refractivity contribution in [2.45, 2.75) is 18.7 Å². The van der Waals surface area contributed by atoms with E-state index >= 15 is 0 Å². The molecule has 17 heavy (non-hydrogen) atoms. The second kappa shape index (κ2) is 6.39. The van der Waals surface area contributed by atoms with Crippen molar-refractivity contribution in [3.05, 3.63) is 27.5 Å². The summed E-state index contributed by atoms with van der Waals surface area (Å²) in [6.07, 6.45) is -1.64. The summed E-state index contributed by atoms with van der Waals surface area (Å²) < 4.78 is 30.4. The number of rotatable bonds is 4. The van der Waals surface area contributed by atoms with Gasteiger partial charge in [-0.2, -0.15) is 0 Å². The highest BCUT2D eigenvalue weighted by Gasteiger charge is 2.22. The molecule has 0 unspecified atom stereocenters. The molecule has 0 fully saturated rings. The van der Waals surface area contributed by atoms with Crippen molar-refractivity contribution in [1.29, 1.82) is 0 Å². The number of hydrogen-bond acceptors (Lipinski definition) is 3. The van der Waals surface area contributed by atoms with E-state index in [1.807, 2.05) is 0 Å². The van der Waals surface area contributed by atoms with Crippen molar-refractivity contribution in [2.75, 3.05) is 6.61 Å². The molecule has 0 bridgehead atoms. The van der Waals surface area contributed by atoms with E-state index in [4.69, 9.17) is 4.74 Å². The van der Waals surface area contributed by atoms with Gasteiger partial charge in [-0.15, -0.1) is 0 Å². The molecule has 0 radical (unpaired) electrons. The Hall–Kier alpha value is -0.560. The van der Waals surface area contributed by atoms with Crippen molar-refractivity contribution in [2.24, 2.45) is 0 Å². The van der Waals surface area contributed by atoms with Gasteiger partial charge in [0.25, 0.3) is 6.43 Å². The van der Waals surface area contributed by atoms with Crippen molar-refractivity contribution >= 4 is 37.8 Å². The van der Waals surface area contributed by atoms with Gasteiger partial charge in [0.05, 0.1) is 11.1 Å². The van der Waals surface area contributed by atoms with Gasteiger partial charge in [-0.1, -0.05) is 15.9 Å². The average Bonchev–Trinajstić information content (AvgIpc) is 2.28. The molecule has 1 rings (SSSR count). The molecule has 0 aliphatic heterocycles. The highest BCUT2D eigenvalue weighted by Crippen LogP contribution is 2.31. The normalized spacial score (nSPS) is 10.7. The number of hydrogen-bond donors (Lipinski definition) is 0. The zero-order valence-corrected chi connectivity index (χ0v) is 12.0. The Balaban J connectivity index is 3.24. The van der Waals surface area contributed by atoms with Crippen LogP contribution in [0.2, 0.25) is 0 Å². The third-order valence-electron chi connectivity index (χ3n) is 1.99. The molecule has 0 saturated heterocycles. The van der Waals surface area contributed by atoms with Gasteiger partial charge in [-0.25, -0.2) is 18.6 Å². The Kier molecular flexibility index (Phi) is 5.45. The summed E-state index contributed by atoms with van der Waals surface area (Å²) in [6, 6.07) is 0. The van der Waals surface area contributed by atoms with Crippen LogP contribution in [-0.4, -0.2) is 17.6 Å². The van der Waals surface area contributed by atoms with E-state index in [0.29, 0.717) is 5.56 Å². The van der Waals surface area contributed by atoms with Gasteiger partial charge in [0.15, 0.2) is 5.69 Å². The molecule has 0 saturated carbocycles. The van der Waals surface area contributed by atoms with Crippen molar-refractivity contribution < 1.29 is 18.3 Å². The summed E-state index contributed by atoms with van der Waals surface area (Å²) in [5, 5.41) is 0.197. The van der Waals surface area contributed by atoms with E-state index < -0.39 is 12.4 Å². The van der Waals surface area contributed by atoms with Crippen LogP contribution in [0.3, 0.4) is 0 Å². The second-order valence-corrected chi connectivity index (χ2v) is 4.36. The fraction of sp³-hybridized carbons (Fsp3) is 0.400. The summed E-state index contributed by atoms with van der Waals surface area (Å²) in [4.78, 5) is 15.2. The first-order chi connectivity index (χ1) is 8.02. The summed E-state index contributed by atoms with van der Waals surface area (Å²) in [7, 11) is 0. The van der Waals surface area contributed by atoms with E-state index in [9.17, 15) is 13.6 Å². The molecular weight excluding hydrogens is 364 g/mol. The van der Waals surface area contributed by atoms with Crippen LogP contribution in [0.25, 0.3) is 0 Å². The Morgan fingerprint density at radius 3 is 2.71 bits per heavy atom. The summed E-state index contributed by atoms with van der Waals surface area (Å²) in [5.74, 6) is -0.637. The fourth-order valence-corrected chi connectivity index (χ4v) is 2.82. The highest BCUT2D eigenvalue weighted by molar-refractivity contribution is 9.10. The SMILES string of the molecule is CCOC(=O)c1ncc(C(F)F)c(CBr)c1Br. The minimum Gasteiger partial charge on any atom is -0.461 e. The van der Waals surface area contributed by atoms with Crippen molar-refractivity contribution in [3.63, 3.8) is 0 Å². The van der Waals surface area contributed by atoms with E-state index in [2.05, 4.69) is 36.8 Å². The number of halogens is 4. The van der Waals surface area contributed by atoms with Crippen LogP contribution in [-0.2, 0) is 10.1 Å². The Morgan fingerprint density at radius 1 is 1.59 bits per heavy atom. The largest absolute Gasteiger partial charge is 0.461 e. The number of alkyl halides is 3. The van der Waals surface area contributed by atoms with Crippen LogP contribution in [0.4, 0.5) is 8.78 Å². The summed E-state index contributed by atoms with van der Waals surface area (Å²) in [6.45, 7) is 1.86. The quantitative estimate of drug-likeness (QED) is 0.595. The first-order valence-electron chi connectivity index (χ1n) is 4.71. The maximum Gasteiger partial charge on any atom is 0.358 e. The molecule has 1 heterocycles. The van der Waals surface area contributed by atoms with Gasteiger partial charge in [0.1, 0.15) is 0 Å². The third kappa shape index (κ3) is 3.22. The molecule has 0 aliphatic rings. The number of carbonyl (C=O) groups is 1. The molecule has 0 aromatic carbocycles. The lowest BCUT2D eigenvalue weighted by Crippen LogP contribution is -2.10. The predicted molar refractivity (Wildman–Crippen MR) is 65.5 cm³/mol. The van der Waals surface area contributed by atoms with Gasteiger partial charge in [0.2, 0.25) is 0 Å². The smallest absolute Gasteiger partial charge is 0.358 e. The molecular formula is C10H9Br2F2NO2. The maximum absolute atomic E-state index is 12.7. The first-order valence-corrected chi connectivity index (χ1v) is 6.62. The van der Waals surface area contributed by atoms with Crippen LogP contribution in [0.5, 0.6) is 0 Å². The van der Waals surface area contributed by atoms with E-state index in [0.717, 1.165) is 6.20 Å². The average molecular weight is 373 g/mol. The van der Waals surface area contributed by atoms with Crippen LogP contribution in [0.15, 0.2) is 10.7 Å². The molecule has 1 aromatic rings. The number of nitrogens with zero attached hydrogens (tertiary/aromatic N) is 1. The monoisotopic (exact) mass is 371 g/mol. The van der Waals surface area contributed by atoms with Crippen LogP contribution in [0.1, 0.15) is 35.0 Å². The lowest BCUT2D eigenvalue weighted by atomic mass is 10.1. The van der Waals surface area contributed by atoms with E-state index in [1.165, 1.54) is 0 Å². The number of carbonyl (C=O) groups excluding carboxylic acids is 1. The first kappa shape index (κ1) is 14.5. The number of esters is 1. The zero-order chi connectivity index (χ0) is 13.0. The van der Waals surface area contributed by atoms with Crippen LogP contribution < -0.4 is 0 Å². The van der Waals surface area contributed by atoms with Crippen molar-refractivity contribution in [1.82, 2.24) is 4.98 Å². The number of pyridine rings is 1. The lowest BCUT2D eigenvalue weighted by Gasteiger charge is -2.11. The van der Waals surface area contributed by atoms with E-state index in [-0.39, 0.29) is 27.7 Å². The molecule has 3 nitrogen and oxygen atoms in total. The van der Waals surface area contributed by atoms with E-state index in [1.54, 1.807) is 6.92 Å². The Bertz CT molecular complexity index is 427. The highest BCUT2D eigenvalue weighted by atomic mass is 79.9. The minimum absolute atomic E-state index is 0.00528. The Labute approximate surface area is 114 Å². The topological polar surface area (TPSA) is 39.2 Å². The fourth-order valence-electron chi connectivity index (χ4n) is 1.20. The molecule has 94 valence electrons. The molecule has 0 aliphatic carbocycles. The zero-order valence-electron chi connectivity index (χ0n) is 8.84. The van der Waals surface area contributed by atoms with Crippen LogP contribution in [0, 0.1) is 0 Å². The van der Waals surface area contributed by atoms with Gasteiger partial charge in [0, 0.05) is 17.1 Å². The summed E-state index contributed by atoms with van der Waals surface area (Å²) in [5.41, 5.74) is 0.102. The minimum atomic E-state index is -2.64. The summed E-state index contributed by atoms with van der Waals surface area (Å²) >= 11 is 6.21. The molecule has 0 atom stereocenters. The second-order valence-electron chi connectivity index (χ2n) is 3.01. The molecule has 0 N–H and O–H groups in total. The van der Waals surface area contributed by atoms with Gasteiger partial charge in [-0.3, -0.25) is 0 Å². The molecule has 1 aromatic heterocycles. The lowest BCUT2D eigenvalue weighted by molar-refractivity contribution is 0.0517. The maximum atomic E-state index is 12.7. The third-order valence-corrected chi connectivity index (χ3v) is 3.41. The predicted octanol–water partition coefficient (Wildman–Crippen LogP) is 3.85. The standard InChI is InChI=1S/C10H9Br2F2NO2/c1-2-17-10(16)8-7(12)5(3-11)6(4-15-8)9(13)14/h4,9H,2-3H2,1H3. The number of ether oxygens (including phenoxy) is 1.